The normalized spacial score (nSPS) is 18.4. The van der Waals surface area contributed by atoms with Crippen molar-refractivity contribution >= 4 is 45.6 Å². The van der Waals surface area contributed by atoms with Crippen molar-refractivity contribution in [1.82, 2.24) is 9.88 Å². The zero-order valence-corrected chi connectivity index (χ0v) is 18.1. The van der Waals surface area contributed by atoms with Crippen molar-refractivity contribution in [1.29, 1.82) is 0 Å². The maximum absolute atomic E-state index is 12.9. The maximum atomic E-state index is 12.9. The van der Waals surface area contributed by atoms with Crippen LogP contribution in [0.4, 0.5) is 10.8 Å². The number of benzene rings is 1. The van der Waals surface area contributed by atoms with Crippen LogP contribution in [-0.4, -0.2) is 41.3 Å². The van der Waals surface area contributed by atoms with E-state index in [0.717, 1.165) is 37.7 Å². The summed E-state index contributed by atoms with van der Waals surface area (Å²) in [5.74, 6) is 0.547. The molecule has 8 heteroatoms. The topological polar surface area (TPSA) is 65.5 Å². The van der Waals surface area contributed by atoms with Crippen molar-refractivity contribution in [3.63, 3.8) is 0 Å². The predicted octanol–water partition coefficient (Wildman–Crippen LogP) is 4.41. The van der Waals surface area contributed by atoms with Crippen LogP contribution in [0.2, 0.25) is 5.02 Å². The Balaban J connectivity index is 1.45. The smallest absolute Gasteiger partial charge is 0.259 e. The lowest BCUT2D eigenvalue weighted by Crippen LogP contribution is -2.32. The van der Waals surface area contributed by atoms with E-state index in [-0.39, 0.29) is 11.8 Å². The van der Waals surface area contributed by atoms with Gasteiger partial charge in [0, 0.05) is 29.9 Å². The number of rotatable bonds is 5. The minimum Gasteiger partial charge on any atom is -0.312 e. The first-order valence-corrected chi connectivity index (χ1v) is 11.3. The average molecular weight is 433 g/mol. The Morgan fingerprint density at radius 3 is 2.83 bits per heavy atom. The fourth-order valence-electron chi connectivity index (χ4n) is 3.87. The second-order valence-corrected chi connectivity index (χ2v) is 9.16. The van der Waals surface area contributed by atoms with Gasteiger partial charge in [-0.3, -0.25) is 19.8 Å². The molecule has 2 amide bonds. The molecule has 1 aromatic carbocycles. The summed E-state index contributed by atoms with van der Waals surface area (Å²) in [5, 5.41) is 5.97. The van der Waals surface area contributed by atoms with Gasteiger partial charge in [0.05, 0.1) is 16.9 Å². The Morgan fingerprint density at radius 2 is 2.10 bits per heavy atom. The van der Waals surface area contributed by atoms with Gasteiger partial charge >= 0.3 is 0 Å². The van der Waals surface area contributed by atoms with E-state index in [9.17, 15) is 9.59 Å². The molecule has 2 saturated heterocycles. The quantitative estimate of drug-likeness (QED) is 0.760. The van der Waals surface area contributed by atoms with Gasteiger partial charge in [-0.1, -0.05) is 18.5 Å². The number of aromatic nitrogens is 1. The van der Waals surface area contributed by atoms with Gasteiger partial charge in [-0.25, -0.2) is 4.98 Å². The van der Waals surface area contributed by atoms with Gasteiger partial charge in [0.25, 0.3) is 5.91 Å². The van der Waals surface area contributed by atoms with E-state index in [1.54, 1.807) is 23.1 Å². The van der Waals surface area contributed by atoms with E-state index in [2.05, 4.69) is 22.1 Å². The molecule has 0 aliphatic carbocycles. The zero-order chi connectivity index (χ0) is 20.4. The first kappa shape index (κ1) is 20.3. The number of likely N-dealkylation sites (tertiary alicyclic amines) is 1. The third-order valence-electron chi connectivity index (χ3n) is 5.60. The number of nitrogens with one attached hydrogen (secondary N) is 1. The number of carbonyl (C=O) groups excluding carboxylic acids is 2. The lowest BCUT2D eigenvalue weighted by molar-refractivity contribution is -0.117. The fraction of sp³-hybridized carbons (Fsp3) is 0.476. The molecule has 4 rings (SSSR count). The highest BCUT2D eigenvalue weighted by Crippen LogP contribution is 2.30. The first-order chi connectivity index (χ1) is 14.0. The van der Waals surface area contributed by atoms with Gasteiger partial charge in [0.15, 0.2) is 5.13 Å². The monoisotopic (exact) mass is 432 g/mol. The molecule has 29 heavy (non-hydrogen) atoms. The van der Waals surface area contributed by atoms with Crippen LogP contribution in [0.15, 0.2) is 23.6 Å². The third kappa shape index (κ3) is 4.79. The van der Waals surface area contributed by atoms with Gasteiger partial charge < -0.3 is 4.90 Å². The van der Waals surface area contributed by atoms with Crippen molar-refractivity contribution in [2.45, 2.75) is 39.2 Å². The molecule has 154 valence electrons. The standard InChI is InChI=1S/C21H25ClN4O2S/c1-14-6-9-25(10-7-14)12-16-13-29-21(23-16)24-20(28)17-5-4-15(22)11-18(17)26-8-2-3-19(26)27/h4-5,11,13-14H,2-3,6-10,12H2,1H3,(H,23,24,28). The van der Waals surface area contributed by atoms with Crippen LogP contribution in [0, 0.1) is 5.92 Å². The lowest BCUT2D eigenvalue weighted by atomic mass is 9.99. The summed E-state index contributed by atoms with van der Waals surface area (Å²) in [5.41, 5.74) is 1.98. The number of hydrogen-bond donors (Lipinski definition) is 1. The van der Waals surface area contributed by atoms with E-state index in [1.807, 2.05) is 5.38 Å². The summed E-state index contributed by atoms with van der Waals surface area (Å²) in [6.07, 6.45) is 3.74. The Morgan fingerprint density at radius 1 is 1.31 bits per heavy atom. The molecule has 0 spiro atoms. The van der Waals surface area contributed by atoms with Gasteiger partial charge in [-0.15, -0.1) is 11.3 Å². The SMILES string of the molecule is CC1CCN(Cc2csc(NC(=O)c3ccc(Cl)cc3N3CCCC3=O)n2)CC1. The number of anilines is 2. The van der Waals surface area contributed by atoms with E-state index in [4.69, 9.17) is 11.6 Å². The van der Waals surface area contributed by atoms with E-state index < -0.39 is 0 Å². The molecule has 2 aliphatic heterocycles. The third-order valence-corrected chi connectivity index (χ3v) is 6.64. The minimum absolute atomic E-state index is 0.0219. The van der Waals surface area contributed by atoms with E-state index in [0.29, 0.717) is 34.4 Å². The Hall–Kier alpha value is -1.96. The highest BCUT2D eigenvalue weighted by Gasteiger charge is 2.26. The van der Waals surface area contributed by atoms with Crippen LogP contribution in [-0.2, 0) is 11.3 Å². The molecule has 1 aromatic heterocycles. The predicted molar refractivity (Wildman–Crippen MR) is 117 cm³/mol. The second kappa shape index (κ2) is 8.81. The Bertz CT molecular complexity index is 908. The molecule has 0 unspecified atom stereocenters. The molecule has 2 aromatic rings. The van der Waals surface area contributed by atoms with Crippen LogP contribution < -0.4 is 10.2 Å². The van der Waals surface area contributed by atoms with Gasteiger partial charge in [-0.2, -0.15) is 0 Å². The Labute approximate surface area is 179 Å². The molecule has 2 fully saturated rings. The number of thiazole rings is 1. The van der Waals surface area contributed by atoms with Gasteiger partial charge in [-0.05, 0) is 56.5 Å². The highest BCUT2D eigenvalue weighted by atomic mass is 35.5. The van der Waals surface area contributed by atoms with Gasteiger partial charge in [0.2, 0.25) is 5.91 Å². The van der Waals surface area contributed by atoms with Crippen molar-refractivity contribution < 1.29 is 9.59 Å². The number of hydrogen-bond acceptors (Lipinski definition) is 5. The molecule has 6 nitrogen and oxygen atoms in total. The molecule has 0 radical (unpaired) electrons. The summed E-state index contributed by atoms with van der Waals surface area (Å²) in [4.78, 5) is 33.7. The van der Waals surface area contributed by atoms with E-state index >= 15 is 0 Å². The molecule has 0 saturated carbocycles. The van der Waals surface area contributed by atoms with Crippen molar-refractivity contribution in [3.05, 3.63) is 39.9 Å². The second-order valence-electron chi connectivity index (χ2n) is 7.87. The number of carbonyl (C=O) groups is 2. The Kier molecular flexibility index (Phi) is 6.18. The average Bonchev–Trinajstić information content (AvgIpc) is 3.32. The van der Waals surface area contributed by atoms with Crippen LogP contribution in [0.5, 0.6) is 0 Å². The first-order valence-electron chi connectivity index (χ1n) is 10.1. The summed E-state index contributed by atoms with van der Waals surface area (Å²) in [7, 11) is 0. The summed E-state index contributed by atoms with van der Waals surface area (Å²) in [6.45, 7) is 5.91. The van der Waals surface area contributed by atoms with Crippen molar-refractivity contribution in [3.8, 4) is 0 Å². The van der Waals surface area contributed by atoms with Crippen LogP contribution in [0.3, 0.4) is 0 Å². The molecule has 1 N–H and O–H groups in total. The van der Waals surface area contributed by atoms with Crippen LogP contribution in [0.25, 0.3) is 0 Å². The minimum atomic E-state index is -0.274. The van der Waals surface area contributed by atoms with Crippen LogP contribution >= 0.6 is 22.9 Å². The molecule has 0 bridgehead atoms. The number of nitrogens with zero attached hydrogens (tertiary/aromatic N) is 3. The molecule has 2 aliphatic rings. The summed E-state index contributed by atoms with van der Waals surface area (Å²) in [6, 6.07) is 5.03. The highest BCUT2D eigenvalue weighted by molar-refractivity contribution is 7.14. The number of amides is 2. The fourth-order valence-corrected chi connectivity index (χ4v) is 4.74. The zero-order valence-electron chi connectivity index (χ0n) is 16.5. The number of halogens is 1. The van der Waals surface area contributed by atoms with Crippen LogP contribution in [0.1, 0.15) is 48.7 Å². The lowest BCUT2D eigenvalue weighted by Gasteiger charge is -2.29. The van der Waals surface area contributed by atoms with Crippen molar-refractivity contribution in [2.75, 3.05) is 29.9 Å². The molecule has 3 heterocycles. The van der Waals surface area contributed by atoms with Crippen molar-refractivity contribution in [2.24, 2.45) is 5.92 Å². The summed E-state index contributed by atoms with van der Waals surface area (Å²) < 4.78 is 0. The number of piperidine rings is 1. The molecular formula is C21H25ClN4O2S. The van der Waals surface area contributed by atoms with E-state index in [1.165, 1.54) is 24.2 Å². The maximum Gasteiger partial charge on any atom is 0.259 e. The largest absolute Gasteiger partial charge is 0.312 e. The van der Waals surface area contributed by atoms with Gasteiger partial charge in [0.1, 0.15) is 0 Å². The molecule has 0 atom stereocenters. The summed E-state index contributed by atoms with van der Waals surface area (Å²) >= 11 is 7.56. The molecular weight excluding hydrogens is 408 g/mol.